The van der Waals surface area contributed by atoms with E-state index in [2.05, 4.69) is 15.9 Å². The fourth-order valence-electron chi connectivity index (χ4n) is 1.91. The summed E-state index contributed by atoms with van der Waals surface area (Å²) in [6, 6.07) is 9.56. The standard InChI is InChI=1S/C16H15BrF2O2/c1-2-20-14-8-4-5-11(9-17)16(14)21-10-12-6-3-7-13(18)15(12)19/h3-8H,2,9-10H2,1H3. The lowest BCUT2D eigenvalue weighted by Gasteiger charge is -2.15. The lowest BCUT2D eigenvalue weighted by molar-refractivity contribution is 0.263. The predicted octanol–water partition coefficient (Wildman–Crippen LogP) is 4.84. The van der Waals surface area contributed by atoms with Crippen LogP contribution in [0.25, 0.3) is 0 Å². The van der Waals surface area contributed by atoms with E-state index >= 15 is 0 Å². The molecule has 0 saturated carbocycles. The Hall–Kier alpha value is -1.62. The van der Waals surface area contributed by atoms with Crippen LogP contribution in [-0.2, 0) is 11.9 Å². The van der Waals surface area contributed by atoms with Crippen LogP contribution in [0.1, 0.15) is 18.1 Å². The van der Waals surface area contributed by atoms with Crippen molar-refractivity contribution in [3.63, 3.8) is 0 Å². The van der Waals surface area contributed by atoms with E-state index in [1.807, 2.05) is 19.1 Å². The van der Waals surface area contributed by atoms with Crippen LogP contribution in [0.4, 0.5) is 8.78 Å². The molecule has 0 spiro atoms. The van der Waals surface area contributed by atoms with Crippen LogP contribution in [0.5, 0.6) is 11.5 Å². The summed E-state index contributed by atoms with van der Waals surface area (Å²) in [5.41, 5.74) is 1.06. The summed E-state index contributed by atoms with van der Waals surface area (Å²) in [4.78, 5) is 0. The molecule has 112 valence electrons. The highest BCUT2D eigenvalue weighted by atomic mass is 79.9. The highest BCUT2D eigenvalue weighted by molar-refractivity contribution is 9.08. The van der Waals surface area contributed by atoms with Crippen molar-refractivity contribution in [1.29, 1.82) is 0 Å². The second-order valence-electron chi connectivity index (χ2n) is 4.31. The average Bonchev–Trinajstić information content (AvgIpc) is 2.49. The number of ether oxygens (including phenoxy) is 2. The summed E-state index contributed by atoms with van der Waals surface area (Å²) < 4.78 is 38.0. The number of hydrogen-bond acceptors (Lipinski definition) is 2. The van der Waals surface area contributed by atoms with E-state index < -0.39 is 11.6 Å². The molecule has 0 N–H and O–H groups in total. The zero-order valence-corrected chi connectivity index (χ0v) is 13.1. The molecule has 2 aromatic carbocycles. The number of para-hydroxylation sites is 1. The van der Waals surface area contributed by atoms with Gasteiger partial charge in [0, 0.05) is 16.5 Å². The third-order valence-corrected chi connectivity index (χ3v) is 3.51. The molecule has 2 rings (SSSR count). The van der Waals surface area contributed by atoms with Crippen LogP contribution in [-0.4, -0.2) is 6.61 Å². The van der Waals surface area contributed by atoms with E-state index in [0.29, 0.717) is 23.4 Å². The number of halogens is 3. The molecule has 2 aromatic rings. The molecule has 0 saturated heterocycles. The minimum Gasteiger partial charge on any atom is -0.490 e. The lowest BCUT2D eigenvalue weighted by Crippen LogP contribution is -2.04. The summed E-state index contributed by atoms with van der Waals surface area (Å²) >= 11 is 3.38. The number of hydrogen-bond donors (Lipinski definition) is 0. The van der Waals surface area contributed by atoms with Gasteiger partial charge in [-0.1, -0.05) is 40.2 Å². The summed E-state index contributed by atoms with van der Waals surface area (Å²) in [7, 11) is 0. The molecule has 0 amide bonds. The van der Waals surface area contributed by atoms with Gasteiger partial charge in [-0.15, -0.1) is 0 Å². The van der Waals surface area contributed by atoms with Crippen molar-refractivity contribution < 1.29 is 18.3 Å². The molecule has 5 heteroatoms. The molecular formula is C16H15BrF2O2. The maximum Gasteiger partial charge on any atom is 0.165 e. The van der Waals surface area contributed by atoms with E-state index in [4.69, 9.17) is 9.47 Å². The van der Waals surface area contributed by atoms with Crippen molar-refractivity contribution >= 4 is 15.9 Å². The van der Waals surface area contributed by atoms with Crippen molar-refractivity contribution in [2.75, 3.05) is 6.61 Å². The Balaban J connectivity index is 2.24. The Morgan fingerprint density at radius 3 is 2.43 bits per heavy atom. The van der Waals surface area contributed by atoms with Gasteiger partial charge in [0.05, 0.1) is 6.61 Å². The van der Waals surface area contributed by atoms with Gasteiger partial charge in [0.25, 0.3) is 0 Å². The van der Waals surface area contributed by atoms with E-state index in [1.165, 1.54) is 12.1 Å². The first-order valence-electron chi connectivity index (χ1n) is 6.53. The first kappa shape index (κ1) is 15.8. The molecule has 0 unspecified atom stereocenters. The lowest BCUT2D eigenvalue weighted by atomic mass is 10.2. The van der Waals surface area contributed by atoms with Crippen LogP contribution in [0, 0.1) is 11.6 Å². The molecule has 0 aliphatic carbocycles. The van der Waals surface area contributed by atoms with Crippen molar-refractivity contribution in [2.45, 2.75) is 18.9 Å². The zero-order chi connectivity index (χ0) is 15.2. The smallest absolute Gasteiger partial charge is 0.165 e. The molecule has 0 aromatic heterocycles. The summed E-state index contributed by atoms with van der Waals surface area (Å²) in [5.74, 6) is -0.632. The van der Waals surface area contributed by atoms with Crippen molar-refractivity contribution in [2.24, 2.45) is 0 Å². The van der Waals surface area contributed by atoms with Gasteiger partial charge in [-0.3, -0.25) is 0 Å². The Labute approximate surface area is 130 Å². The minimum atomic E-state index is -0.883. The quantitative estimate of drug-likeness (QED) is 0.689. The summed E-state index contributed by atoms with van der Waals surface area (Å²) in [5, 5.41) is 0.578. The van der Waals surface area contributed by atoms with Crippen molar-refractivity contribution in [3.8, 4) is 11.5 Å². The third kappa shape index (κ3) is 3.73. The first-order valence-corrected chi connectivity index (χ1v) is 7.65. The molecule has 2 nitrogen and oxygen atoms in total. The van der Waals surface area contributed by atoms with Gasteiger partial charge in [-0.05, 0) is 19.1 Å². The van der Waals surface area contributed by atoms with Crippen molar-refractivity contribution in [1.82, 2.24) is 0 Å². The van der Waals surface area contributed by atoms with Crippen LogP contribution in [0.15, 0.2) is 36.4 Å². The fraction of sp³-hybridized carbons (Fsp3) is 0.250. The fourth-order valence-corrected chi connectivity index (χ4v) is 2.35. The van der Waals surface area contributed by atoms with E-state index in [-0.39, 0.29) is 12.2 Å². The Kier molecular flexibility index (Phi) is 5.56. The molecule has 0 radical (unpaired) electrons. The van der Waals surface area contributed by atoms with Crippen LogP contribution in [0.2, 0.25) is 0 Å². The zero-order valence-electron chi connectivity index (χ0n) is 11.5. The third-order valence-electron chi connectivity index (χ3n) is 2.91. The topological polar surface area (TPSA) is 18.5 Å². The maximum atomic E-state index is 13.6. The van der Waals surface area contributed by atoms with Gasteiger partial charge in [0.15, 0.2) is 23.1 Å². The number of alkyl halides is 1. The second-order valence-corrected chi connectivity index (χ2v) is 4.87. The number of benzene rings is 2. The molecule has 0 heterocycles. The normalized spacial score (nSPS) is 10.5. The average molecular weight is 357 g/mol. The number of rotatable bonds is 6. The molecule has 21 heavy (non-hydrogen) atoms. The van der Waals surface area contributed by atoms with E-state index in [9.17, 15) is 8.78 Å². The summed E-state index contributed by atoms with van der Waals surface area (Å²) in [6.07, 6.45) is 0. The monoisotopic (exact) mass is 356 g/mol. The van der Waals surface area contributed by atoms with Gasteiger partial charge < -0.3 is 9.47 Å². The van der Waals surface area contributed by atoms with Crippen LogP contribution >= 0.6 is 15.9 Å². The van der Waals surface area contributed by atoms with Crippen LogP contribution < -0.4 is 9.47 Å². The predicted molar refractivity (Wildman–Crippen MR) is 80.9 cm³/mol. The molecule has 0 aliphatic rings. The molecule has 0 atom stereocenters. The summed E-state index contributed by atoms with van der Waals surface area (Å²) in [6.45, 7) is 2.31. The highest BCUT2D eigenvalue weighted by Crippen LogP contribution is 2.33. The Morgan fingerprint density at radius 2 is 1.71 bits per heavy atom. The molecule has 0 aliphatic heterocycles. The van der Waals surface area contributed by atoms with Crippen LogP contribution in [0.3, 0.4) is 0 Å². The van der Waals surface area contributed by atoms with E-state index in [0.717, 1.165) is 11.6 Å². The van der Waals surface area contributed by atoms with Gasteiger partial charge in [-0.2, -0.15) is 0 Å². The second kappa shape index (κ2) is 7.41. The Bertz CT molecular complexity index is 617. The molecule has 0 bridgehead atoms. The van der Waals surface area contributed by atoms with Gasteiger partial charge >= 0.3 is 0 Å². The van der Waals surface area contributed by atoms with Gasteiger partial charge in [-0.25, -0.2) is 8.78 Å². The first-order chi connectivity index (χ1) is 10.2. The maximum absolute atomic E-state index is 13.6. The van der Waals surface area contributed by atoms with Gasteiger partial charge in [0.2, 0.25) is 0 Å². The SMILES string of the molecule is CCOc1cccc(CBr)c1OCc1cccc(F)c1F. The van der Waals surface area contributed by atoms with E-state index in [1.54, 1.807) is 6.07 Å². The largest absolute Gasteiger partial charge is 0.490 e. The highest BCUT2D eigenvalue weighted by Gasteiger charge is 2.13. The van der Waals surface area contributed by atoms with Gasteiger partial charge in [0.1, 0.15) is 6.61 Å². The minimum absolute atomic E-state index is 0.0618. The Morgan fingerprint density at radius 1 is 1.00 bits per heavy atom. The molecule has 0 fully saturated rings. The van der Waals surface area contributed by atoms with Crippen molar-refractivity contribution in [3.05, 3.63) is 59.2 Å². The molecular weight excluding hydrogens is 342 g/mol.